The molecule has 140 valence electrons. The topological polar surface area (TPSA) is 62.1 Å². The summed E-state index contributed by atoms with van der Waals surface area (Å²) in [7, 11) is 0. The molecule has 0 unspecified atom stereocenters. The molecule has 3 rings (SSSR count). The molecule has 0 bridgehead atoms. The summed E-state index contributed by atoms with van der Waals surface area (Å²) in [6.07, 6.45) is 1.54. The van der Waals surface area contributed by atoms with E-state index in [9.17, 15) is 14.4 Å². The van der Waals surface area contributed by atoms with E-state index in [2.05, 4.69) is 5.32 Å². The van der Waals surface area contributed by atoms with Crippen LogP contribution in [0, 0.1) is 17.1 Å². The van der Waals surface area contributed by atoms with Crippen LogP contribution in [0.5, 0.6) is 5.75 Å². The molecule has 0 spiro atoms. The first-order valence-electron chi connectivity index (χ1n) is 8.54. The number of ether oxygens (including phenoxy) is 1. The number of nitrogens with zero attached hydrogens (tertiary/aromatic N) is 1. The maximum absolute atomic E-state index is 12.9. The van der Waals surface area contributed by atoms with Crippen molar-refractivity contribution in [2.24, 2.45) is 0 Å². The summed E-state index contributed by atoms with van der Waals surface area (Å²) in [6, 6.07) is 18.9. The van der Waals surface area contributed by atoms with Gasteiger partial charge in [0.25, 0.3) is 5.91 Å². The molecule has 0 aliphatic carbocycles. The number of thiophene rings is 1. The highest BCUT2D eigenvalue weighted by Gasteiger charge is 2.09. The normalized spacial score (nSPS) is 10.9. The van der Waals surface area contributed by atoms with Crippen molar-refractivity contribution in [3.05, 3.63) is 93.4 Å². The van der Waals surface area contributed by atoms with Gasteiger partial charge in [-0.2, -0.15) is 5.26 Å². The number of halogens is 1. The molecule has 6 heteroatoms. The molecular weight excluding hydrogens is 375 g/mol. The molecule has 0 fully saturated rings. The minimum Gasteiger partial charge on any atom is -0.489 e. The molecule has 4 nitrogen and oxygen atoms in total. The molecule has 0 aliphatic heterocycles. The predicted molar refractivity (Wildman–Crippen MR) is 107 cm³/mol. The lowest BCUT2D eigenvalue weighted by Crippen LogP contribution is -2.23. The molecular formula is C22H17FN2O2S. The molecule has 28 heavy (non-hydrogen) atoms. The highest BCUT2D eigenvalue weighted by molar-refractivity contribution is 7.09. The summed E-state index contributed by atoms with van der Waals surface area (Å²) in [5, 5.41) is 13.9. The molecule has 2 aromatic carbocycles. The number of hydrogen-bond donors (Lipinski definition) is 1. The van der Waals surface area contributed by atoms with Gasteiger partial charge in [-0.15, -0.1) is 11.3 Å². The van der Waals surface area contributed by atoms with Crippen LogP contribution in [0.3, 0.4) is 0 Å². The van der Waals surface area contributed by atoms with Crippen molar-refractivity contribution in [3.8, 4) is 11.8 Å². The van der Waals surface area contributed by atoms with Crippen molar-refractivity contribution in [3.63, 3.8) is 0 Å². The van der Waals surface area contributed by atoms with Crippen molar-refractivity contribution in [2.75, 3.05) is 0 Å². The average Bonchev–Trinajstić information content (AvgIpc) is 3.24. The van der Waals surface area contributed by atoms with E-state index in [1.165, 1.54) is 18.2 Å². The maximum atomic E-state index is 12.9. The van der Waals surface area contributed by atoms with Crippen LogP contribution in [0.2, 0.25) is 0 Å². The number of amides is 1. The third kappa shape index (κ3) is 5.53. The largest absolute Gasteiger partial charge is 0.489 e. The molecule has 0 radical (unpaired) electrons. The van der Waals surface area contributed by atoms with Gasteiger partial charge in [-0.3, -0.25) is 4.79 Å². The van der Waals surface area contributed by atoms with Gasteiger partial charge in [0.15, 0.2) is 0 Å². The van der Waals surface area contributed by atoms with Crippen LogP contribution in [0.4, 0.5) is 4.39 Å². The molecule has 0 saturated carbocycles. The maximum Gasteiger partial charge on any atom is 0.262 e. The Hall–Kier alpha value is -3.43. The van der Waals surface area contributed by atoms with Crippen molar-refractivity contribution in [1.29, 1.82) is 5.26 Å². The van der Waals surface area contributed by atoms with Crippen LogP contribution in [0.15, 0.2) is 71.6 Å². The van der Waals surface area contributed by atoms with Gasteiger partial charge in [0.2, 0.25) is 0 Å². The zero-order valence-electron chi connectivity index (χ0n) is 14.9. The fraction of sp³-hybridized carbons (Fsp3) is 0.0909. The van der Waals surface area contributed by atoms with Crippen LogP contribution >= 0.6 is 11.3 Å². The summed E-state index contributed by atoms with van der Waals surface area (Å²) < 4.78 is 18.6. The molecule has 0 saturated heterocycles. The monoisotopic (exact) mass is 392 g/mol. The summed E-state index contributed by atoms with van der Waals surface area (Å²) in [4.78, 5) is 13.2. The standard InChI is InChI=1S/C22H17FN2O2S/c23-19-7-3-17(4-8-19)15-27-20-9-5-16(6-10-20)12-18(13-24)22(26)25-14-21-2-1-11-28-21/h1-12H,14-15H2,(H,25,26)/b18-12+. The van der Waals surface area contributed by atoms with Gasteiger partial charge in [0.1, 0.15) is 29.8 Å². The van der Waals surface area contributed by atoms with Gasteiger partial charge in [-0.25, -0.2) is 4.39 Å². The van der Waals surface area contributed by atoms with Crippen LogP contribution in [-0.2, 0) is 17.9 Å². The Balaban J connectivity index is 1.58. The van der Waals surface area contributed by atoms with Crippen LogP contribution in [0.25, 0.3) is 6.08 Å². The van der Waals surface area contributed by atoms with Gasteiger partial charge in [-0.1, -0.05) is 30.3 Å². The quantitative estimate of drug-likeness (QED) is 0.469. The van der Waals surface area contributed by atoms with Crippen molar-refractivity contribution < 1.29 is 13.9 Å². The van der Waals surface area contributed by atoms with Crippen molar-refractivity contribution >= 4 is 23.3 Å². The Kier molecular flexibility index (Phi) is 6.55. The SMILES string of the molecule is N#C/C(=C\c1ccc(OCc2ccc(F)cc2)cc1)C(=O)NCc1cccs1. The van der Waals surface area contributed by atoms with Crippen LogP contribution in [0.1, 0.15) is 16.0 Å². The van der Waals surface area contributed by atoms with E-state index in [4.69, 9.17) is 4.74 Å². The molecule has 1 aromatic heterocycles. The number of rotatable bonds is 7. The second-order valence-corrected chi connectivity index (χ2v) is 6.95. The third-order valence-electron chi connectivity index (χ3n) is 3.88. The van der Waals surface area contributed by atoms with Crippen LogP contribution < -0.4 is 10.1 Å². The van der Waals surface area contributed by atoms with E-state index in [1.54, 1.807) is 47.7 Å². The van der Waals surface area contributed by atoms with E-state index in [0.717, 1.165) is 16.0 Å². The fourth-order valence-corrected chi connectivity index (χ4v) is 3.04. The Labute approximate surface area is 166 Å². The second kappa shape index (κ2) is 9.49. The molecule has 0 aliphatic rings. The highest BCUT2D eigenvalue weighted by atomic mass is 32.1. The fourth-order valence-electron chi connectivity index (χ4n) is 2.40. The Morgan fingerprint density at radius 3 is 2.54 bits per heavy atom. The second-order valence-electron chi connectivity index (χ2n) is 5.92. The Morgan fingerprint density at radius 1 is 1.14 bits per heavy atom. The molecule has 3 aromatic rings. The first-order chi connectivity index (χ1) is 13.6. The molecule has 1 heterocycles. The number of carbonyl (C=O) groups is 1. The minimum absolute atomic E-state index is 0.0385. The van der Waals surface area contributed by atoms with Crippen molar-refractivity contribution in [1.82, 2.24) is 5.32 Å². The smallest absolute Gasteiger partial charge is 0.262 e. The molecule has 0 atom stereocenters. The minimum atomic E-state index is -0.410. The number of carbonyl (C=O) groups excluding carboxylic acids is 1. The third-order valence-corrected chi connectivity index (χ3v) is 4.75. The highest BCUT2D eigenvalue weighted by Crippen LogP contribution is 2.17. The van der Waals surface area contributed by atoms with Gasteiger partial charge in [0, 0.05) is 4.88 Å². The first-order valence-corrected chi connectivity index (χ1v) is 9.42. The van der Waals surface area contributed by atoms with E-state index >= 15 is 0 Å². The zero-order valence-corrected chi connectivity index (χ0v) is 15.7. The molecule has 1 amide bonds. The van der Waals surface area contributed by atoms with Crippen LogP contribution in [-0.4, -0.2) is 5.91 Å². The van der Waals surface area contributed by atoms with Gasteiger partial charge < -0.3 is 10.1 Å². The number of benzene rings is 2. The van der Waals surface area contributed by atoms with E-state index < -0.39 is 5.91 Å². The summed E-state index contributed by atoms with van der Waals surface area (Å²) in [6.45, 7) is 0.718. The predicted octanol–water partition coefficient (Wildman–Crippen LogP) is 4.69. The lowest BCUT2D eigenvalue weighted by atomic mass is 10.1. The Bertz CT molecular complexity index is 989. The number of hydrogen-bond acceptors (Lipinski definition) is 4. The zero-order chi connectivity index (χ0) is 19.8. The summed E-state index contributed by atoms with van der Waals surface area (Å²) in [5.74, 6) is -0.0534. The van der Waals surface area contributed by atoms with E-state index in [1.807, 2.05) is 23.6 Å². The summed E-state index contributed by atoms with van der Waals surface area (Å²) in [5.41, 5.74) is 1.62. The Morgan fingerprint density at radius 2 is 1.89 bits per heavy atom. The number of nitrogens with one attached hydrogen (secondary N) is 1. The summed E-state index contributed by atoms with van der Waals surface area (Å²) >= 11 is 1.54. The van der Waals surface area contributed by atoms with Gasteiger partial charge >= 0.3 is 0 Å². The number of nitriles is 1. The van der Waals surface area contributed by atoms with E-state index in [0.29, 0.717) is 18.9 Å². The lowest BCUT2D eigenvalue weighted by Gasteiger charge is -2.07. The lowest BCUT2D eigenvalue weighted by molar-refractivity contribution is -0.117. The van der Waals surface area contributed by atoms with Gasteiger partial charge in [-0.05, 0) is 52.9 Å². The molecule has 1 N–H and O–H groups in total. The van der Waals surface area contributed by atoms with Crippen molar-refractivity contribution in [2.45, 2.75) is 13.2 Å². The first kappa shape index (κ1) is 19.3. The van der Waals surface area contributed by atoms with Gasteiger partial charge in [0.05, 0.1) is 6.54 Å². The average molecular weight is 392 g/mol. The van der Waals surface area contributed by atoms with E-state index in [-0.39, 0.29) is 11.4 Å².